The third-order valence-corrected chi connectivity index (χ3v) is 3.48. The minimum absolute atomic E-state index is 0.343. The summed E-state index contributed by atoms with van der Waals surface area (Å²) in [7, 11) is 1.49. The quantitative estimate of drug-likeness (QED) is 0.488. The van der Waals surface area contributed by atoms with Gasteiger partial charge in [0.25, 0.3) is 5.91 Å². The lowest BCUT2D eigenvalue weighted by molar-refractivity contribution is -0.143. The van der Waals surface area contributed by atoms with Crippen LogP contribution in [0.2, 0.25) is 5.02 Å². The summed E-state index contributed by atoms with van der Waals surface area (Å²) in [6.07, 6.45) is 3.42. The van der Waals surface area contributed by atoms with E-state index in [4.69, 9.17) is 25.8 Å². The van der Waals surface area contributed by atoms with Crippen LogP contribution in [0.25, 0.3) is 6.08 Å². The molecule has 160 valence electrons. The van der Waals surface area contributed by atoms with E-state index in [9.17, 15) is 14.4 Å². The SMILES string of the molecule is CCCOc1c(Cl)cc(/C=C/C(=O)OCC(=O)NC(=O)NC(C)(C)C)cc1OC. The number of carbonyl (C=O) groups excluding carboxylic acids is 3. The number of hydrogen-bond donors (Lipinski definition) is 2. The van der Waals surface area contributed by atoms with E-state index >= 15 is 0 Å². The van der Waals surface area contributed by atoms with Crippen molar-refractivity contribution in [3.63, 3.8) is 0 Å². The van der Waals surface area contributed by atoms with E-state index in [0.29, 0.717) is 28.7 Å². The van der Waals surface area contributed by atoms with Gasteiger partial charge in [0.15, 0.2) is 18.1 Å². The summed E-state index contributed by atoms with van der Waals surface area (Å²) in [5.74, 6) is -0.627. The van der Waals surface area contributed by atoms with Crippen LogP contribution in [-0.2, 0) is 14.3 Å². The van der Waals surface area contributed by atoms with Gasteiger partial charge in [0, 0.05) is 11.6 Å². The minimum atomic E-state index is -0.752. The Kier molecular flexibility index (Phi) is 9.47. The second-order valence-electron chi connectivity index (χ2n) is 7.08. The second-order valence-corrected chi connectivity index (χ2v) is 7.48. The molecule has 0 atom stereocenters. The van der Waals surface area contributed by atoms with Crippen LogP contribution >= 0.6 is 11.6 Å². The third kappa shape index (κ3) is 9.34. The van der Waals surface area contributed by atoms with Crippen LogP contribution in [0.15, 0.2) is 18.2 Å². The van der Waals surface area contributed by atoms with Gasteiger partial charge in [0.05, 0.1) is 18.7 Å². The van der Waals surface area contributed by atoms with Crippen molar-refractivity contribution in [3.05, 3.63) is 28.8 Å². The molecule has 0 spiro atoms. The average molecular weight is 427 g/mol. The predicted octanol–water partition coefficient (Wildman–Crippen LogP) is 3.32. The van der Waals surface area contributed by atoms with E-state index in [1.54, 1.807) is 32.9 Å². The van der Waals surface area contributed by atoms with Gasteiger partial charge in [-0.2, -0.15) is 0 Å². The molecule has 0 fully saturated rings. The second kappa shape index (κ2) is 11.3. The van der Waals surface area contributed by atoms with Crippen molar-refractivity contribution >= 4 is 35.6 Å². The zero-order chi connectivity index (χ0) is 22.0. The predicted molar refractivity (Wildman–Crippen MR) is 110 cm³/mol. The first kappa shape index (κ1) is 24.3. The van der Waals surface area contributed by atoms with E-state index < -0.39 is 30.1 Å². The third-order valence-electron chi connectivity index (χ3n) is 3.20. The molecule has 0 aliphatic carbocycles. The van der Waals surface area contributed by atoms with Gasteiger partial charge >= 0.3 is 12.0 Å². The van der Waals surface area contributed by atoms with E-state index in [2.05, 4.69) is 10.6 Å². The highest BCUT2D eigenvalue weighted by molar-refractivity contribution is 6.32. The number of amides is 3. The standard InChI is InChI=1S/C20H27ClN2O6/c1-6-9-28-18-14(21)10-13(11-15(18)27-5)7-8-17(25)29-12-16(24)22-19(26)23-20(2,3)4/h7-8,10-11H,6,9,12H2,1-5H3,(H2,22,23,24,26)/b8-7+. The number of rotatable bonds is 8. The average Bonchev–Trinajstić information content (AvgIpc) is 2.61. The lowest BCUT2D eigenvalue weighted by atomic mass is 10.1. The largest absolute Gasteiger partial charge is 0.493 e. The van der Waals surface area contributed by atoms with Crippen LogP contribution in [0, 0.1) is 0 Å². The van der Waals surface area contributed by atoms with Crippen molar-refractivity contribution in [2.24, 2.45) is 0 Å². The van der Waals surface area contributed by atoms with Crippen molar-refractivity contribution < 1.29 is 28.6 Å². The molecule has 0 saturated carbocycles. The van der Waals surface area contributed by atoms with Gasteiger partial charge in [-0.25, -0.2) is 9.59 Å². The molecule has 0 radical (unpaired) electrons. The van der Waals surface area contributed by atoms with Crippen LogP contribution in [0.4, 0.5) is 4.79 Å². The number of halogens is 1. The number of benzene rings is 1. The summed E-state index contributed by atoms with van der Waals surface area (Å²) in [5, 5.41) is 4.97. The number of nitrogens with one attached hydrogen (secondary N) is 2. The van der Waals surface area contributed by atoms with Gasteiger partial charge in [-0.3, -0.25) is 10.1 Å². The maximum atomic E-state index is 11.8. The topological polar surface area (TPSA) is 103 Å². The molecule has 1 aromatic carbocycles. The summed E-state index contributed by atoms with van der Waals surface area (Å²) >= 11 is 6.22. The Bertz CT molecular complexity index is 771. The Hall–Kier alpha value is -2.74. The molecule has 0 aromatic heterocycles. The molecule has 9 heteroatoms. The molecule has 0 aliphatic heterocycles. The summed E-state index contributed by atoms with van der Waals surface area (Å²) in [6, 6.07) is 2.60. The molecular formula is C20H27ClN2O6. The van der Waals surface area contributed by atoms with Crippen molar-refractivity contribution in [2.45, 2.75) is 39.7 Å². The monoisotopic (exact) mass is 426 g/mol. The lowest BCUT2D eigenvalue weighted by Gasteiger charge is -2.20. The van der Waals surface area contributed by atoms with Gasteiger partial charge in [-0.15, -0.1) is 0 Å². The molecule has 0 saturated heterocycles. The van der Waals surface area contributed by atoms with Crippen LogP contribution in [0.3, 0.4) is 0 Å². The Labute approximate surface area is 175 Å². The maximum Gasteiger partial charge on any atom is 0.331 e. The number of urea groups is 1. The normalized spacial score (nSPS) is 11.1. The summed E-state index contributed by atoms with van der Waals surface area (Å²) in [5.41, 5.74) is 0.0881. The molecule has 29 heavy (non-hydrogen) atoms. The lowest BCUT2D eigenvalue weighted by Crippen LogP contribution is -2.49. The summed E-state index contributed by atoms with van der Waals surface area (Å²) < 4.78 is 15.6. The summed E-state index contributed by atoms with van der Waals surface area (Å²) in [6.45, 7) is 7.19. The number of esters is 1. The fraction of sp³-hybridized carbons (Fsp3) is 0.450. The first-order chi connectivity index (χ1) is 13.6. The molecule has 0 bridgehead atoms. The maximum absolute atomic E-state index is 11.8. The number of methoxy groups -OCH3 is 1. The zero-order valence-electron chi connectivity index (χ0n) is 17.3. The van der Waals surface area contributed by atoms with Gasteiger partial charge in [0.2, 0.25) is 0 Å². The molecule has 0 heterocycles. The number of imide groups is 1. The number of ether oxygens (including phenoxy) is 3. The molecule has 0 aliphatic rings. The fourth-order valence-electron chi connectivity index (χ4n) is 2.06. The van der Waals surface area contributed by atoms with Crippen molar-refractivity contribution in [3.8, 4) is 11.5 Å². The van der Waals surface area contributed by atoms with E-state index in [0.717, 1.165) is 12.5 Å². The van der Waals surface area contributed by atoms with Crippen LogP contribution in [0.1, 0.15) is 39.7 Å². The van der Waals surface area contributed by atoms with E-state index in [1.165, 1.54) is 13.2 Å². The molecular weight excluding hydrogens is 400 g/mol. The highest BCUT2D eigenvalue weighted by Gasteiger charge is 2.16. The highest BCUT2D eigenvalue weighted by atomic mass is 35.5. The van der Waals surface area contributed by atoms with Crippen molar-refractivity contribution in [2.75, 3.05) is 20.3 Å². The molecule has 8 nitrogen and oxygen atoms in total. The van der Waals surface area contributed by atoms with Gasteiger partial charge < -0.3 is 19.5 Å². The Balaban J connectivity index is 2.62. The van der Waals surface area contributed by atoms with Crippen molar-refractivity contribution in [1.29, 1.82) is 0 Å². The zero-order valence-corrected chi connectivity index (χ0v) is 18.0. The van der Waals surface area contributed by atoms with E-state index in [-0.39, 0.29) is 0 Å². The number of carbonyl (C=O) groups is 3. The Morgan fingerprint density at radius 1 is 1.21 bits per heavy atom. The van der Waals surface area contributed by atoms with Crippen molar-refractivity contribution in [1.82, 2.24) is 10.6 Å². The molecule has 3 amide bonds. The Morgan fingerprint density at radius 2 is 1.90 bits per heavy atom. The fourth-order valence-corrected chi connectivity index (χ4v) is 2.34. The van der Waals surface area contributed by atoms with E-state index in [1.807, 2.05) is 6.92 Å². The number of hydrogen-bond acceptors (Lipinski definition) is 6. The van der Waals surface area contributed by atoms with Gasteiger partial charge in [0.1, 0.15) is 0 Å². The molecule has 2 N–H and O–H groups in total. The molecule has 1 aromatic rings. The first-order valence-electron chi connectivity index (χ1n) is 9.03. The summed E-state index contributed by atoms with van der Waals surface area (Å²) in [4.78, 5) is 35.0. The van der Waals surface area contributed by atoms with Crippen LogP contribution < -0.4 is 20.1 Å². The molecule has 1 rings (SSSR count). The smallest absolute Gasteiger partial charge is 0.331 e. The van der Waals surface area contributed by atoms with Gasteiger partial charge in [-0.05, 0) is 51.0 Å². The first-order valence-corrected chi connectivity index (χ1v) is 9.40. The van der Waals surface area contributed by atoms with Crippen LogP contribution in [0.5, 0.6) is 11.5 Å². The minimum Gasteiger partial charge on any atom is -0.493 e. The van der Waals surface area contributed by atoms with Crippen LogP contribution in [-0.4, -0.2) is 43.8 Å². The molecule has 0 unspecified atom stereocenters. The van der Waals surface area contributed by atoms with Gasteiger partial charge in [-0.1, -0.05) is 18.5 Å². The Morgan fingerprint density at radius 3 is 2.48 bits per heavy atom. The highest BCUT2D eigenvalue weighted by Crippen LogP contribution is 2.36.